The molecule has 1 aromatic heterocycles. The molecule has 0 aliphatic rings. The molecular formula is C17H14BrFN2. The smallest absolute Gasteiger partial charge is 0.129 e. The number of nitrogens with one attached hydrogen (secondary N) is 1. The van der Waals surface area contributed by atoms with Crippen molar-refractivity contribution in [3.8, 4) is 0 Å². The van der Waals surface area contributed by atoms with Crippen LogP contribution in [0.2, 0.25) is 0 Å². The lowest BCUT2D eigenvalue weighted by Crippen LogP contribution is -2.19. The van der Waals surface area contributed by atoms with Crippen molar-refractivity contribution < 1.29 is 4.39 Å². The fraction of sp³-hybridized carbons (Fsp3) is 0.118. The van der Waals surface area contributed by atoms with Crippen LogP contribution in [0.3, 0.4) is 0 Å². The minimum absolute atomic E-state index is 0.204. The molecule has 0 aliphatic heterocycles. The summed E-state index contributed by atoms with van der Waals surface area (Å²) in [5.74, 6) is -0.227. The Labute approximate surface area is 131 Å². The summed E-state index contributed by atoms with van der Waals surface area (Å²) in [7, 11) is 1.84. The van der Waals surface area contributed by atoms with E-state index >= 15 is 0 Å². The van der Waals surface area contributed by atoms with Crippen LogP contribution in [-0.2, 0) is 0 Å². The van der Waals surface area contributed by atoms with Gasteiger partial charge in [0.1, 0.15) is 5.82 Å². The van der Waals surface area contributed by atoms with Crippen molar-refractivity contribution in [3.05, 3.63) is 76.3 Å². The van der Waals surface area contributed by atoms with Crippen molar-refractivity contribution in [2.24, 2.45) is 0 Å². The number of nitrogens with zero attached hydrogens (tertiary/aromatic N) is 1. The molecule has 0 spiro atoms. The van der Waals surface area contributed by atoms with E-state index in [-0.39, 0.29) is 11.9 Å². The van der Waals surface area contributed by atoms with E-state index in [0.717, 1.165) is 20.8 Å². The monoisotopic (exact) mass is 344 g/mol. The highest BCUT2D eigenvalue weighted by Crippen LogP contribution is 2.30. The Morgan fingerprint density at radius 3 is 2.76 bits per heavy atom. The number of hydrogen-bond donors (Lipinski definition) is 1. The van der Waals surface area contributed by atoms with Crippen molar-refractivity contribution in [1.82, 2.24) is 10.3 Å². The lowest BCUT2D eigenvalue weighted by atomic mass is 9.94. The molecule has 4 heteroatoms. The third-order valence-electron chi connectivity index (χ3n) is 3.59. The fourth-order valence-electron chi connectivity index (χ4n) is 2.61. The highest BCUT2D eigenvalue weighted by atomic mass is 79.9. The largest absolute Gasteiger partial charge is 0.309 e. The Kier molecular flexibility index (Phi) is 3.99. The Morgan fingerprint density at radius 1 is 1.14 bits per heavy atom. The molecule has 3 rings (SSSR count). The van der Waals surface area contributed by atoms with Crippen LogP contribution in [-0.4, -0.2) is 12.0 Å². The number of benzene rings is 2. The van der Waals surface area contributed by atoms with E-state index in [0.29, 0.717) is 5.56 Å². The van der Waals surface area contributed by atoms with Gasteiger partial charge in [-0.25, -0.2) is 4.39 Å². The second-order valence-corrected chi connectivity index (χ2v) is 5.75. The number of aromatic nitrogens is 1. The van der Waals surface area contributed by atoms with Crippen molar-refractivity contribution >= 4 is 26.7 Å². The molecule has 0 amide bonds. The molecule has 1 unspecified atom stereocenters. The first-order valence-electron chi connectivity index (χ1n) is 6.65. The van der Waals surface area contributed by atoms with E-state index in [4.69, 9.17) is 0 Å². The number of rotatable bonds is 3. The normalized spacial score (nSPS) is 12.5. The highest BCUT2D eigenvalue weighted by Gasteiger charge is 2.18. The first kappa shape index (κ1) is 14.2. The van der Waals surface area contributed by atoms with E-state index < -0.39 is 0 Å². The SMILES string of the molecule is CNC(c1ccc(Br)cc1F)c1cccc2cnccc12. The van der Waals surface area contributed by atoms with Crippen LogP contribution in [0, 0.1) is 5.82 Å². The number of fused-ring (bicyclic) bond motifs is 1. The zero-order valence-corrected chi connectivity index (χ0v) is 13.1. The van der Waals surface area contributed by atoms with Crippen molar-refractivity contribution in [1.29, 1.82) is 0 Å². The molecule has 0 saturated heterocycles. The molecule has 1 atom stereocenters. The van der Waals surface area contributed by atoms with Crippen LogP contribution < -0.4 is 5.32 Å². The maximum absolute atomic E-state index is 14.3. The Balaban J connectivity index is 2.18. The van der Waals surface area contributed by atoms with Gasteiger partial charge >= 0.3 is 0 Å². The van der Waals surface area contributed by atoms with Crippen molar-refractivity contribution in [2.45, 2.75) is 6.04 Å². The third-order valence-corrected chi connectivity index (χ3v) is 4.08. The molecule has 0 saturated carbocycles. The minimum atomic E-state index is -0.227. The summed E-state index contributed by atoms with van der Waals surface area (Å²) in [6.45, 7) is 0. The van der Waals surface area contributed by atoms with E-state index in [9.17, 15) is 4.39 Å². The summed E-state index contributed by atoms with van der Waals surface area (Å²) < 4.78 is 15.0. The predicted octanol–water partition coefficient (Wildman–Crippen LogP) is 4.45. The van der Waals surface area contributed by atoms with Gasteiger partial charge in [0.05, 0.1) is 6.04 Å². The minimum Gasteiger partial charge on any atom is -0.309 e. The van der Waals surface area contributed by atoms with Crippen LogP contribution >= 0.6 is 15.9 Å². The summed E-state index contributed by atoms with van der Waals surface area (Å²) >= 11 is 3.29. The Hall–Kier alpha value is -1.78. The number of halogens is 2. The van der Waals surface area contributed by atoms with Crippen LogP contribution in [0.25, 0.3) is 10.8 Å². The van der Waals surface area contributed by atoms with Gasteiger partial charge in [-0.15, -0.1) is 0 Å². The molecule has 1 heterocycles. The van der Waals surface area contributed by atoms with Crippen molar-refractivity contribution in [2.75, 3.05) is 7.05 Å². The van der Waals surface area contributed by atoms with E-state index in [1.807, 2.05) is 43.6 Å². The summed E-state index contributed by atoms with van der Waals surface area (Å²) in [6, 6.07) is 12.9. The van der Waals surface area contributed by atoms with Gasteiger partial charge in [-0.3, -0.25) is 4.98 Å². The van der Waals surface area contributed by atoms with E-state index in [1.54, 1.807) is 12.3 Å². The van der Waals surface area contributed by atoms with Gasteiger partial charge in [0.15, 0.2) is 0 Å². The zero-order chi connectivity index (χ0) is 14.8. The summed E-state index contributed by atoms with van der Waals surface area (Å²) in [5, 5.41) is 5.34. The van der Waals surface area contributed by atoms with Gasteiger partial charge in [0.2, 0.25) is 0 Å². The zero-order valence-electron chi connectivity index (χ0n) is 11.5. The highest BCUT2D eigenvalue weighted by molar-refractivity contribution is 9.10. The topological polar surface area (TPSA) is 24.9 Å². The Morgan fingerprint density at radius 2 is 2.00 bits per heavy atom. The number of pyridine rings is 1. The maximum atomic E-state index is 14.3. The molecule has 1 N–H and O–H groups in total. The molecule has 3 aromatic rings. The standard InChI is InChI=1S/C17H14BrFN2/c1-20-17(15-6-5-12(18)9-16(15)19)14-4-2-3-11-10-21-8-7-13(11)14/h2-10,17,20H,1H3. The summed E-state index contributed by atoms with van der Waals surface area (Å²) in [5.41, 5.74) is 1.67. The van der Waals surface area contributed by atoms with Crippen molar-refractivity contribution in [3.63, 3.8) is 0 Å². The van der Waals surface area contributed by atoms with Crippen LogP contribution in [0.15, 0.2) is 59.3 Å². The third kappa shape index (κ3) is 2.69. The van der Waals surface area contributed by atoms with E-state index in [2.05, 4.69) is 26.2 Å². The maximum Gasteiger partial charge on any atom is 0.129 e. The molecule has 0 bridgehead atoms. The molecule has 2 aromatic carbocycles. The lowest BCUT2D eigenvalue weighted by Gasteiger charge is -2.20. The average Bonchev–Trinajstić information content (AvgIpc) is 2.50. The van der Waals surface area contributed by atoms with Crippen LogP contribution in [0.4, 0.5) is 4.39 Å². The first-order valence-corrected chi connectivity index (χ1v) is 7.45. The van der Waals surface area contributed by atoms with Gasteiger partial charge in [-0.1, -0.05) is 40.2 Å². The molecule has 0 aliphatic carbocycles. The molecule has 106 valence electrons. The van der Waals surface area contributed by atoms with Gasteiger partial charge in [-0.05, 0) is 36.2 Å². The van der Waals surface area contributed by atoms with E-state index in [1.165, 1.54) is 6.07 Å². The fourth-order valence-corrected chi connectivity index (χ4v) is 2.95. The molecule has 2 nitrogen and oxygen atoms in total. The summed E-state index contributed by atoms with van der Waals surface area (Å²) in [6.07, 6.45) is 3.58. The van der Waals surface area contributed by atoms with Gasteiger partial charge in [0, 0.05) is 27.8 Å². The summed E-state index contributed by atoms with van der Waals surface area (Å²) in [4.78, 5) is 4.14. The van der Waals surface area contributed by atoms with Gasteiger partial charge in [0.25, 0.3) is 0 Å². The predicted molar refractivity (Wildman–Crippen MR) is 86.7 cm³/mol. The molecule has 0 radical (unpaired) electrons. The molecule has 0 fully saturated rings. The molecular weight excluding hydrogens is 331 g/mol. The van der Waals surface area contributed by atoms with Gasteiger partial charge < -0.3 is 5.32 Å². The second kappa shape index (κ2) is 5.92. The number of hydrogen-bond acceptors (Lipinski definition) is 2. The average molecular weight is 345 g/mol. The second-order valence-electron chi connectivity index (χ2n) is 4.83. The lowest BCUT2D eigenvalue weighted by molar-refractivity contribution is 0.577. The quantitative estimate of drug-likeness (QED) is 0.759. The molecule has 21 heavy (non-hydrogen) atoms. The van der Waals surface area contributed by atoms with Crippen LogP contribution in [0.5, 0.6) is 0 Å². The Bertz CT molecular complexity index is 783. The van der Waals surface area contributed by atoms with Gasteiger partial charge in [-0.2, -0.15) is 0 Å². The first-order chi connectivity index (χ1) is 10.2. The van der Waals surface area contributed by atoms with Crippen LogP contribution in [0.1, 0.15) is 17.2 Å².